The van der Waals surface area contributed by atoms with Crippen LogP contribution < -0.4 is 0 Å². The molecule has 0 N–H and O–H groups in total. The maximum Gasteiger partial charge on any atom is 0.164 e. The van der Waals surface area contributed by atoms with Gasteiger partial charge in [-0.25, -0.2) is 24.9 Å². The summed E-state index contributed by atoms with van der Waals surface area (Å²) in [6.07, 6.45) is 0. The molecule has 2 aliphatic carbocycles. The first-order chi connectivity index (χ1) is 42.6. The quantitative estimate of drug-likeness (QED) is 0.159. The van der Waals surface area contributed by atoms with Crippen molar-refractivity contribution in [3.8, 4) is 124 Å². The monoisotopic (exact) mass is 1130 g/mol. The van der Waals surface area contributed by atoms with Gasteiger partial charge in [0.1, 0.15) is 0 Å². The van der Waals surface area contributed by atoms with Crippen molar-refractivity contribution >= 4 is 95.5 Å². The molecule has 0 bridgehead atoms. The van der Waals surface area contributed by atoms with Crippen LogP contribution in [0.25, 0.3) is 196 Å². The molecule has 4 heterocycles. The van der Waals surface area contributed by atoms with Gasteiger partial charge < -0.3 is 0 Å². The average Bonchev–Trinajstić information content (AvgIpc) is 1.67. The number of para-hydroxylation sites is 1. The highest BCUT2D eigenvalue weighted by Crippen LogP contribution is 2.55. The number of hydrogen-bond donors (Lipinski definition) is 0. The molecule has 0 amide bonds. The molecule has 19 rings (SSSR count). The van der Waals surface area contributed by atoms with E-state index in [1.54, 1.807) is 0 Å². The van der Waals surface area contributed by atoms with Crippen molar-refractivity contribution in [2.24, 2.45) is 0 Å². The summed E-state index contributed by atoms with van der Waals surface area (Å²) in [6, 6.07) is 94.4. The van der Waals surface area contributed by atoms with Crippen LogP contribution in [0.3, 0.4) is 0 Å². The van der Waals surface area contributed by atoms with E-state index < -0.39 is 0 Å². The largest absolute Gasteiger partial charge is 0.228 e. The minimum atomic E-state index is 0.614. The minimum Gasteiger partial charge on any atom is -0.228 e. The summed E-state index contributed by atoms with van der Waals surface area (Å²) >= 11 is 3.74. The third-order valence-electron chi connectivity index (χ3n) is 17.8. The van der Waals surface area contributed by atoms with E-state index in [4.69, 9.17) is 24.9 Å². The molecule has 0 fully saturated rings. The molecule has 2 aliphatic rings. The topological polar surface area (TPSA) is 64.5 Å². The van der Waals surface area contributed by atoms with Gasteiger partial charge in [-0.3, -0.25) is 0 Å². The predicted molar refractivity (Wildman–Crippen MR) is 361 cm³/mol. The number of hydrogen-bond acceptors (Lipinski definition) is 7. The Balaban J connectivity index is 0.748. The molecule has 5 nitrogen and oxygen atoms in total. The third kappa shape index (κ3) is 7.13. The van der Waals surface area contributed by atoms with Crippen molar-refractivity contribution in [2.75, 3.05) is 0 Å². The zero-order chi connectivity index (χ0) is 56.1. The van der Waals surface area contributed by atoms with Gasteiger partial charge in [0.2, 0.25) is 0 Å². The van der Waals surface area contributed by atoms with E-state index in [1.165, 1.54) is 112 Å². The van der Waals surface area contributed by atoms with Crippen LogP contribution in [0.4, 0.5) is 0 Å². The van der Waals surface area contributed by atoms with E-state index in [1.807, 2.05) is 40.9 Å². The second-order valence-electron chi connectivity index (χ2n) is 22.6. The van der Waals surface area contributed by atoms with Crippen molar-refractivity contribution in [2.45, 2.75) is 0 Å². The van der Waals surface area contributed by atoms with Crippen molar-refractivity contribution in [3.63, 3.8) is 0 Å². The molecule has 0 saturated heterocycles. The average molecular weight is 1130 g/mol. The molecule has 7 heteroatoms. The van der Waals surface area contributed by atoms with Gasteiger partial charge >= 0.3 is 0 Å². The van der Waals surface area contributed by atoms with E-state index in [9.17, 15) is 0 Å². The standard InChI is InChI=1S/C79H43N5S2/c1-3-16-46(17-4-1)74-60-28-11-12-31-64(60)80-79(81-74)53-41-63-57-27-10-8-25-55(57)59-30-15-22-50-39-61(75-73(69(50)59)71(63)67(43-53)86-75)44-32-34-48(35-33-44)77-82-76(47-18-5-2-6-19-47)83-78(84-77)51-23-13-21-49(38-51)52-40-62-56-26-9-7-24-54(56)58-29-14-20-45-36-37-65-72(68(45)58)70(62)66(42-52)85-65/h1-43H. The maximum absolute atomic E-state index is 5.38. The normalized spacial score (nSPS) is 12.2. The fraction of sp³-hybridized carbons (Fsp3) is 0. The van der Waals surface area contributed by atoms with Crippen LogP contribution in [0, 0.1) is 0 Å². The lowest BCUT2D eigenvalue weighted by Gasteiger charge is -2.14. The summed E-state index contributed by atoms with van der Waals surface area (Å²) in [5.74, 6) is 2.57. The summed E-state index contributed by atoms with van der Waals surface area (Å²) in [5.41, 5.74) is 21.2. The van der Waals surface area contributed by atoms with E-state index in [0.29, 0.717) is 23.3 Å². The van der Waals surface area contributed by atoms with Gasteiger partial charge in [0.05, 0.1) is 11.2 Å². The maximum atomic E-state index is 5.38. The van der Waals surface area contributed by atoms with Gasteiger partial charge in [0, 0.05) is 79.1 Å². The number of thiophene rings is 2. The van der Waals surface area contributed by atoms with Gasteiger partial charge in [-0.2, -0.15) is 0 Å². The van der Waals surface area contributed by atoms with E-state index in [0.717, 1.165) is 61.1 Å². The highest BCUT2D eigenvalue weighted by molar-refractivity contribution is 7.27. The highest BCUT2D eigenvalue weighted by Gasteiger charge is 2.28. The first kappa shape index (κ1) is 47.6. The molecule has 13 aromatic carbocycles. The second-order valence-corrected chi connectivity index (χ2v) is 24.7. The number of benzene rings is 13. The van der Waals surface area contributed by atoms with Gasteiger partial charge in [0.15, 0.2) is 23.3 Å². The van der Waals surface area contributed by atoms with E-state index >= 15 is 0 Å². The Labute approximate surface area is 501 Å². The van der Waals surface area contributed by atoms with Crippen LogP contribution >= 0.6 is 22.7 Å². The second kappa shape index (κ2) is 18.3. The number of nitrogens with zero attached hydrogens (tertiary/aromatic N) is 5. The predicted octanol–water partition coefficient (Wildman–Crippen LogP) is 21.8. The van der Waals surface area contributed by atoms with Crippen molar-refractivity contribution in [1.29, 1.82) is 0 Å². The Morgan fingerprint density at radius 3 is 1.47 bits per heavy atom. The summed E-state index contributed by atoms with van der Waals surface area (Å²) in [6.45, 7) is 0. The number of fused-ring (bicyclic) bond motifs is 7. The summed E-state index contributed by atoms with van der Waals surface area (Å²) in [4.78, 5) is 26.4. The molecule has 0 spiro atoms. The molecule has 0 unspecified atom stereocenters. The van der Waals surface area contributed by atoms with Crippen LogP contribution in [0.2, 0.25) is 0 Å². The Hall–Kier alpha value is -10.8. The Bertz CT molecular complexity index is 5770. The van der Waals surface area contributed by atoms with Crippen LogP contribution in [-0.2, 0) is 0 Å². The third-order valence-corrected chi connectivity index (χ3v) is 20.0. The van der Waals surface area contributed by atoms with Crippen LogP contribution in [0.1, 0.15) is 0 Å². The van der Waals surface area contributed by atoms with Crippen LogP contribution in [0.15, 0.2) is 261 Å². The lowest BCUT2D eigenvalue weighted by molar-refractivity contribution is 1.07. The number of rotatable bonds is 7. The number of aromatic nitrogens is 5. The smallest absolute Gasteiger partial charge is 0.164 e. The minimum absolute atomic E-state index is 0.614. The van der Waals surface area contributed by atoms with Gasteiger partial charge in [0.25, 0.3) is 0 Å². The molecule has 86 heavy (non-hydrogen) atoms. The summed E-state index contributed by atoms with van der Waals surface area (Å²) in [5, 5.41) is 11.4. The molecule has 0 saturated carbocycles. The molecular weight excluding hydrogens is 1080 g/mol. The van der Waals surface area contributed by atoms with Crippen molar-refractivity contribution in [1.82, 2.24) is 24.9 Å². The fourth-order valence-corrected chi connectivity index (χ4v) is 16.4. The molecule has 0 atom stereocenters. The summed E-state index contributed by atoms with van der Waals surface area (Å²) in [7, 11) is 0. The Morgan fingerprint density at radius 2 is 0.733 bits per heavy atom. The summed E-state index contributed by atoms with van der Waals surface area (Å²) < 4.78 is 5.04. The fourth-order valence-electron chi connectivity index (χ4n) is 13.9. The molecule has 0 aliphatic heterocycles. The van der Waals surface area contributed by atoms with E-state index in [2.05, 4.69) is 243 Å². The van der Waals surface area contributed by atoms with Crippen molar-refractivity contribution in [3.05, 3.63) is 261 Å². The zero-order valence-corrected chi connectivity index (χ0v) is 47.5. The molecule has 396 valence electrons. The molecule has 4 aromatic heterocycles. The van der Waals surface area contributed by atoms with Gasteiger partial charge in [-0.15, -0.1) is 22.7 Å². The lowest BCUT2D eigenvalue weighted by Crippen LogP contribution is -2.00. The van der Waals surface area contributed by atoms with Gasteiger partial charge in [-0.05, 0) is 131 Å². The molecular formula is C79H43N5S2. The molecule has 0 radical (unpaired) electrons. The van der Waals surface area contributed by atoms with Crippen LogP contribution in [-0.4, -0.2) is 24.9 Å². The first-order valence-electron chi connectivity index (χ1n) is 29.0. The van der Waals surface area contributed by atoms with Crippen LogP contribution in [0.5, 0.6) is 0 Å². The molecule has 17 aromatic rings. The van der Waals surface area contributed by atoms with Crippen molar-refractivity contribution < 1.29 is 0 Å². The van der Waals surface area contributed by atoms with Gasteiger partial charge in [-0.1, -0.05) is 212 Å². The zero-order valence-electron chi connectivity index (χ0n) is 45.9. The SMILES string of the molecule is c1ccc(-c2nc(-c3ccc(-c4cc5cccc6c5c5c4sc4cc(-c7nc(-c8ccccc8)c8ccccc8n7)cc(c45)-c4ccccc4-6)cc3)nc(-c3cccc(-c4cc5c6c(c4)sc4ccc7cccc(c7c46)-c4ccccc4-5)c3)n2)cc1. The highest BCUT2D eigenvalue weighted by atomic mass is 32.1. The lowest BCUT2D eigenvalue weighted by atomic mass is 9.92. The Morgan fingerprint density at radius 1 is 0.221 bits per heavy atom. The Kier molecular flexibility index (Phi) is 10.2. The van der Waals surface area contributed by atoms with E-state index in [-0.39, 0.29) is 0 Å². The first-order valence-corrected chi connectivity index (χ1v) is 30.7.